The number of rotatable bonds is 5. The Morgan fingerprint density at radius 1 is 1.25 bits per heavy atom. The number of fused-ring (bicyclic) bond motifs is 1. The number of amides is 1. The highest BCUT2D eigenvalue weighted by molar-refractivity contribution is 7.99. The topological polar surface area (TPSA) is 126 Å². The highest BCUT2D eigenvalue weighted by atomic mass is 35.5. The fourth-order valence-corrected chi connectivity index (χ4v) is 6.56. The van der Waals surface area contributed by atoms with E-state index in [4.69, 9.17) is 31.0 Å². The Balaban J connectivity index is 0.00000123. The first-order chi connectivity index (χ1) is 21.4. The van der Waals surface area contributed by atoms with E-state index in [-0.39, 0.29) is 30.5 Å². The Kier molecular flexibility index (Phi) is 10.9. The third-order valence-electron chi connectivity index (χ3n) is 6.53. The summed E-state index contributed by atoms with van der Waals surface area (Å²) in [5, 5.41) is 14.1. The van der Waals surface area contributed by atoms with E-state index in [0.29, 0.717) is 50.1 Å². The summed E-state index contributed by atoms with van der Waals surface area (Å²) in [7, 11) is 0. The Morgan fingerprint density at radius 3 is 2.84 bits per heavy atom. The molecule has 0 aliphatic carbocycles. The maximum Gasteiger partial charge on any atom is 0.410 e. The molecule has 0 bridgehead atoms. The van der Waals surface area contributed by atoms with E-state index in [9.17, 15) is 9.18 Å². The van der Waals surface area contributed by atoms with E-state index < -0.39 is 0 Å². The number of benzene rings is 2. The van der Waals surface area contributed by atoms with E-state index >= 15 is 0 Å². The van der Waals surface area contributed by atoms with Crippen LogP contribution in [0.15, 0.2) is 64.6 Å². The van der Waals surface area contributed by atoms with Gasteiger partial charge in [-0.1, -0.05) is 41.3 Å². The lowest BCUT2D eigenvalue weighted by atomic mass is 10.2. The van der Waals surface area contributed by atoms with Gasteiger partial charge in [0.15, 0.2) is 5.82 Å². The van der Waals surface area contributed by atoms with Gasteiger partial charge in [0.25, 0.3) is 6.47 Å². The van der Waals surface area contributed by atoms with Crippen molar-refractivity contribution in [2.45, 2.75) is 28.4 Å². The third-order valence-corrected chi connectivity index (χ3v) is 9.06. The second-order valence-corrected chi connectivity index (χ2v) is 12.1. The fraction of sp³-hybridized carbons (Fsp3) is 0.267. The first kappa shape index (κ1) is 31.5. The Morgan fingerprint density at radius 2 is 2.07 bits per heavy atom. The van der Waals surface area contributed by atoms with Crippen LogP contribution in [0.4, 0.5) is 20.7 Å². The number of carboxylic acid groups (broad SMARTS) is 1. The summed E-state index contributed by atoms with van der Waals surface area (Å²) in [5.74, 6) is 6.87. The molecule has 2 atom stereocenters. The van der Waals surface area contributed by atoms with Crippen LogP contribution < -0.4 is 10.6 Å². The molecular formula is C30H27ClFN5O5S2. The number of morpholine rings is 1. The van der Waals surface area contributed by atoms with Crippen LogP contribution in [-0.2, 0) is 14.3 Å². The van der Waals surface area contributed by atoms with Gasteiger partial charge in [0.2, 0.25) is 0 Å². The largest absolute Gasteiger partial charge is 0.483 e. The number of anilines is 2. The molecule has 4 heterocycles. The summed E-state index contributed by atoms with van der Waals surface area (Å²) >= 11 is 9.45. The predicted molar refractivity (Wildman–Crippen MR) is 167 cm³/mol. The minimum absolute atomic E-state index is 0.0720. The van der Waals surface area contributed by atoms with E-state index in [1.54, 1.807) is 11.0 Å². The first-order valence-corrected chi connectivity index (χ1v) is 15.5. The van der Waals surface area contributed by atoms with Crippen molar-refractivity contribution in [3.05, 3.63) is 70.6 Å². The van der Waals surface area contributed by atoms with Crippen molar-refractivity contribution in [2.75, 3.05) is 38.2 Å². The van der Waals surface area contributed by atoms with Crippen molar-refractivity contribution in [2.24, 2.45) is 0 Å². The minimum Gasteiger partial charge on any atom is -0.483 e. The van der Waals surface area contributed by atoms with Crippen LogP contribution in [0.5, 0.6) is 0 Å². The Hall–Kier alpha value is -3.93. The molecule has 2 aromatic carbocycles. The van der Waals surface area contributed by atoms with Crippen LogP contribution in [0.3, 0.4) is 0 Å². The standard InChI is InChI=1S/C29H25ClFN5O3S2.CH2O2/c30-24-14-20(5-7-26(24)40-22-3-1-2-18(31)12-22)35-28-27-25(33-17-34-28)15-23(41-27)6-4-19-13-21(16-32-19)39-29(37)36-8-10-38-11-9-36;2-1-3/h1-3,5,7,12,14-15,17,19,21,32H,8-11,13,16H2,(H,33,34,35);1H,(H,2,3)/t19-,21-;/m1./s1. The van der Waals surface area contributed by atoms with Gasteiger partial charge in [0, 0.05) is 41.5 Å². The van der Waals surface area contributed by atoms with Gasteiger partial charge in [-0.15, -0.1) is 11.3 Å². The van der Waals surface area contributed by atoms with Gasteiger partial charge in [0.05, 0.1) is 39.4 Å². The van der Waals surface area contributed by atoms with Crippen molar-refractivity contribution in [1.82, 2.24) is 20.2 Å². The number of thiophene rings is 1. The molecule has 10 nitrogen and oxygen atoms in total. The first-order valence-electron chi connectivity index (χ1n) is 13.5. The van der Waals surface area contributed by atoms with Crippen LogP contribution in [0.2, 0.25) is 5.02 Å². The fourth-order valence-electron chi connectivity index (χ4n) is 4.48. The van der Waals surface area contributed by atoms with Gasteiger partial charge in [-0.2, -0.15) is 0 Å². The summed E-state index contributed by atoms with van der Waals surface area (Å²) in [6, 6.07) is 13.9. The minimum atomic E-state index is -0.293. The molecule has 6 rings (SSSR count). The molecule has 3 N–H and O–H groups in total. The summed E-state index contributed by atoms with van der Waals surface area (Å²) in [6.45, 7) is 2.52. The number of hydrogen-bond donors (Lipinski definition) is 3. The maximum atomic E-state index is 13.5. The van der Waals surface area contributed by atoms with E-state index in [0.717, 1.165) is 30.6 Å². The molecule has 1 amide bonds. The monoisotopic (exact) mass is 655 g/mol. The number of nitrogens with one attached hydrogen (secondary N) is 2. The molecule has 0 unspecified atom stereocenters. The molecular weight excluding hydrogens is 629 g/mol. The molecule has 228 valence electrons. The van der Waals surface area contributed by atoms with Gasteiger partial charge >= 0.3 is 6.09 Å². The number of hydrogen-bond acceptors (Lipinski definition) is 10. The lowest BCUT2D eigenvalue weighted by Gasteiger charge is -2.27. The van der Waals surface area contributed by atoms with Gasteiger partial charge in [-0.3, -0.25) is 10.1 Å². The molecule has 2 fully saturated rings. The van der Waals surface area contributed by atoms with Crippen LogP contribution >= 0.6 is 34.7 Å². The zero-order chi connectivity index (χ0) is 30.9. The predicted octanol–water partition coefficient (Wildman–Crippen LogP) is 5.63. The molecule has 14 heteroatoms. The smallest absolute Gasteiger partial charge is 0.410 e. The van der Waals surface area contributed by atoms with Crippen molar-refractivity contribution in [1.29, 1.82) is 0 Å². The van der Waals surface area contributed by atoms with Crippen molar-refractivity contribution in [3.8, 4) is 11.8 Å². The van der Waals surface area contributed by atoms with E-state index in [1.807, 2.05) is 30.3 Å². The molecule has 0 radical (unpaired) electrons. The summed E-state index contributed by atoms with van der Waals surface area (Å²) in [5.41, 5.74) is 1.56. The molecule has 4 aromatic rings. The maximum absolute atomic E-state index is 13.5. The molecule has 2 aliphatic rings. The summed E-state index contributed by atoms with van der Waals surface area (Å²) in [6.07, 6.45) is 1.64. The lowest BCUT2D eigenvalue weighted by Crippen LogP contribution is -2.42. The van der Waals surface area contributed by atoms with E-state index in [1.165, 1.54) is 41.6 Å². The molecule has 2 aliphatic heterocycles. The zero-order valence-electron chi connectivity index (χ0n) is 23.2. The van der Waals surface area contributed by atoms with Crippen molar-refractivity contribution in [3.63, 3.8) is 0 Å². The average molecular weight is 656 g/mol. The van der Waals surface area contributed by atoms with Crippen molar-refractivity contribution < 1.29 is 28.6 Å². The van der Waals surface area contributed by atoms with Crippen LogP contribution in [0, 0.1) is 17.7 Å². The molecule has 2 aromatic heterocycles. The molecule has 0 spiro atoms. The number of ether oxygens (including phenoxy) is 2. The SMILES string of the molecule is O=C(O[C@H]1CN[C@H](C#Cc2cc3ncnc(Nc4ccc(Sc5cccc(F)c5)c(Cl)c4)c3s2)C1)N1CCOCC1.O=CO. The number of halogens is 2. The highest BCUT2D eigenvalue weighted by Crippen LogP contribution is 2.36. The van der Waals surface area contributed by atoms with Crippen molar-refractivity contribution >= 4 is 69.0 Å². The molecule has 2 saturated heterocycles. The quantitative estimate of drug-likeness (QED) is 0.184. The summed E-state index contributed by atoms with van der Waals surface area (Å²) < 4.78 is 25.4. The molecule has 44 heavy (non-hydrogen) atoms. The number of carbonyl (C=O) groups excluding carboxylic acids is 1. The van der Waals surface area contributed by atoms with Gasteiger partial charge in [-0.05, 0) is 42.5 Å². The highest BCUT2D eigenvalue weighted by Gasteiger charge is 2.28. The van der Waals surface area contributed by atoms with Crippen LogP contribution in [0.25, 0.3) is 10.2 Å². The second-order valence-electron chi connectivity index (χ2n) is 9.55. The number of aromatic nitrogens is 2. The van der Waals surface area contributed by atoms with Gasteiger partial charge in [0.1, 0.15) is 18.2 Å². The lowest BCUT2D eigenvalue weighted by molar-refractivity contribution is -0.122. The summed E-state index contributed by atoms with van der Waals surface area (Å²) in [4.78, 5) is 33.7. The average Bonchev–Trinajstić information content (AvgIpc) is 3.65. The Bertz CT molecular complexity index is 1690. The number of nitrogens with zero attached hydrogens (tertiary/aromatic N) is 3. The second kappa shape index (κ2) is 15.2. The van der Waals surface area contributed by atoms with Gasteiger partial charge in [-0.25, -0.2) is 19.2 Å². The third kappa shape index (κ3) is 8.37. The van der Waals surface area contributed by atoms with E-state index in [2.05, 4.69) is 32.4 Å². The Labute approximate surface area is 265 Å². The zero-order valence-corrected chi connectivity index (χ0v) is 25.6. The molecule has 0 saturated carbocycles. The van der Waals surface area contributed by atoms with Crippen LogP contribution in [0.1, 0.15) is 11.3 Å². The van der Waals surface area contributed by atoms with Gasteiger partial charge < -0.3 is 24.8 Å². The number of carbonyl (C=O) groups is 2. The normalized spacial score (nSPS) is 17.6. The van der Waals surface area contributed by atoms with Crippen LogP contribution in [-0.4, -0.2) is 77.5 Å².